The monoisotopic (exact) mass is 221 g/mol. The third-order valence-electron chi connectivity index (χ3n) is 1.81. The Bertz CT molecular complexity index is 389. The summed E-state index contributed by atoms with van der Waals surface area (Å²) in [5.74, 6) is 0. The third kappa shape index (κ3) is 2.24. The van der Waals surface area contributed by atoms with E-state index in [1.807, 2.05) is 0 Å². The number of aliphatic hydroxyl groups excluding tert-OH is 1. The van der Waals surface area contributed by atoms with Crippen LogP contribution in [0.15, 0.2) is 18.2 Å². The van der Waals surface area contributed by atoms with Crippen LogP contribution in [0.3, 0.4) is 0 Å². The Morgan fingerprint density at radius 1 is 1.40 bits per heavy atom. The lowest BCUT2D eigenvalue weighted by Crippen LogP contribution is -2.11. The molecule has 0 saturated heterocycles. The van der Waals surface area contributed by atoms with E-state index in [2.05, 4.69) is 0 Å². The van der Waals surface area contributed by atoms with Gasteiger partial charge >= 0.3 is 6.18 Å². The van der Waals surface area contributed by atoms with Crippen LogP contribution in [0.2, 0.25) is 0 Å². The second-order valence-electron chi connectivity index (χ2n) is 2.72. The Hall–Kier alpha value is -1.63. The van der Waals surface area contributed by atoms with Crippen LogP contribution in [-0.2, 0) is 12.8 Å². The summed E-state index contributed by atoms with van der Waals surface area (Å²) in [6.07, 6.45) is -4.70. The van der Waals surface area contributed by atoms with Crippen LogP contribution in [0, 0.1) is 10.1 Å². The van der Waals surface area contributed by atoms with Gasteiger partial charge in [0.15, 0.2) is 0 Å². The van der Waals surface area contributed by atoms with Crippen molar-refractivity contribution >= 4 is 5.69 Å². The van der Waals surface area contributed by atoms with Crippen molar-refractivity contribution in [3.8, 4) is 0 Å². The van der Waals surface area contributed by atoms with Crippen LogP contribution in [0.1, 0.15) is 11.1 Å². The molecule has 0 aliphatic rings. The molecule has 1 N–H and O–H groups in total. The van der Waals surface area contributed by atoms with E-state index < -0.39 is 34.5 Å². The summed E-state index contributed by atoms with van der Waals surface area (Å²) in [6, 6.07) is 2.54. The molecule has 0 spiro atoms. The molecule has 0 atom stereocenters. The highest BCUT2D eigenvalue weighted by Gasteiger charge is 2.36. The summed E-state index contributed by atoms with van der Waals surface area (Å²) in [4.78, 5) is 9.43. The van der Waals surface area contributed by atoms with Gasteiger partial charge in [-0.15, -0.1) is 0 Å². The van der Waals surface area contributed by atoms with Gasteiger partial charge in [-0.2, -0.15) is 13.2 Å². The molecule has 4 nitrogen and oxygen atoms in total. The highest BCUT2D eigenvalue weighted by Crippen LogP contribution is 2.35. The number of nitro benzene ring substituents is 1. The molecular formula is C8H6F3NO3. The number of nitrogens with zero attached hydrogens (tertiary/aromatic N) is 1. The highest BCUT2D eigenvalue weighted by molar-refractivity contribution is 5.46. The molecule has 7 heteroatoms. The number of benzene rings is 1. The Balaban J connectivity index is 3.42. The smallest absolute Gasteiger partial charge is 0.391 e. The van der Waals surface area contributed by atoms with E-state index in [0.717, 1.165) is 12.1 Å². The fourth-order valence-electron chi connectivity index (χ4n) is 1.18. The average molecular weight is 221 g/mol. The Kier molecular flexibility index (Phi) is 2.94. The number of hydrogen-bond donors (Lipinski definition) is 1. The molecule has 15 heavy (non-hydrogen) atoms. The minimum absolute atomic E-state index is 0.693. The number of nitro groups is 1. The first-order valence-corrected chi connectivity index (χ1v) is 3.82. The van der Waals surface area contributed by atoms with E-state index in [1.165, 1.54) is 0 Å². The van der Waals surface area contributed by atoms with Crippen molar-refractivity contribution in [2.24, 2.45) is 0 Å². The summed E-state index contributed by atoms with van der Waals surface area (Å²) in [5, 5.41) is 19.1. The van der Waals surface area contributed by atoms with Crippen LogP contribution in [0.4, 0.5) is 18.9 Å². The summed E-state index contributed by atoms with van der Waals surface area (Å²) in [5.41, 5.74) is -2.62. The second kappa shape index (κ2) is 3.85. The largest absolute Gasteiger partial charge is 0.417 e. The van der Waals surface area contributed by atoms with E-state index in [4.69, 9.17) is 5.11 Å². The number of rotatable bonds is 2. The molecule has 1 rings (SSSR count). The van der Waals surface area contributed by atoms with E-state index in [0.29, 0.717) is 6.07 Å². The van der Waals surface area contributed by atoms with E-state index >= 15 is 0 Å². The lowest BCUT2D eigenvalue weighted by atomic mass is 10.1. The summed E-state index contributed by atoms with van der Waals surface area (Å²) in [6.45, 7) is -1.02. The lowest BCUT2D eigenvalue weighted by Gasteiger charge is -2.10. The summed E-state index contributed by atoms with van der Waals surface area (Å²) in [7, 11) is 0. The molecule has 0 saturated carbocycles. The molecular weight excluding hydrogens is 215 g/mol. The molecule has 82 valence electrons. The van der Waals surface area contributed by atoms with Crippen molar-refractivity contribution < 1.29 is 23.2 Å². The quantitative estimate of drug-likeness (QED) is 0.614. The minimum atomic E-state index is -4.70. The van der Waals surface area contributed by atoms with E-state index in [1.54, 1.807) is 0 Å². The zero-order valence-corrected chi connectivity index (χ0v) is 7.28. The standard InChI is InChI=1S/C8H6F3NO3/c9-8(10,11)6-2-1-3-7(12(14)15)5(6)4-13/h1-3,13H,4H2. The van der Waals surface area contributed by atoms with Gasteiger partial charge in [-0.25, -0.2) is 0 Å². The summed E-state index contributed by atoms with van der Waals surface area (Å²) < 4.78 is 37.0. The number of halogens is 3. The Morgan fingerprint density at radius 2 is 2.00 bits per heavy atom. The first-order chi connectivity index (χ1) is 6.88. The van der Waals surface area contributed by atoms with Crippen LogP contribution in [0.25, 0.3) is 0 Å². The van der Waals surface area contributed by atoms with Crippen molar-refractivity contribution in [1.82, 2.24) is 0 Å². The molecule has 0 unspecified atom stereocenters. The second-order valence-corrected chi connectivity index (χ2v) is 2.72. The number of hydrogen-bond acceptors (Lipinski definition) is 3. The molecule has 0 aliphatic heterocycles. The van der Waals surface area contributed by atoms with Gasteiger partial charge in [0.1, 0.15) is 0 Å². The predicted molar refractivity (Wildman–Crippen MR) is 44.0 cm³/mol. The highest BCUT2D eigenvalue weighted by atomic mass is 19.4. The molecule has 1 aromatic rings. The van der Waals surface area contributed by atoms with Crippen molar-refractivity contribution in [1.29, 1.82) is 0 Å². The fraction of sp³-hybridized carbons (Fsp3) is 0.250. The van der Waals surface area contributed by atoms with E-state index in [9.17, 15) is 23.3 Å². The molecule has 0 bridgehead atoms. The van der Waals surface area contributed by atoms with Gasteiger partial charge in [-0.1, -0.05) is 6.07 Å². The van der Waals surface area contributed by atoms with Gasteiger partial charge in [0.2, 0.25) is 0 Å². The van der Waals surface area contributed by atoms with Crippen LogP contribution in [0.5, 0.6) is 0 Å². The predicted octanol–water partition coefficient (Wildman–Crippen LogP) is 2.11. The summed E-state index contributed by atoms with van der Waals surface area (Å²) >= 11 is 0. The number of aliphatic hydroxyl groups is 1. The van der Waals surface area contributed by atoms with Gasteiger partial charge in [0.05, 0.1) is 22.7 Å². The maximum Gasteiger partial charge on any atom is 0.417 e. The first kappa shape index (κ1) is 11.4. The fourth-order valence-corrected chi connectivity index (χ4v) is 1.18. The maximum absolute atomic E-state index is 12.3. The van der Waals surface area contributed by atoms with E-state index in [-0.39, 0.29) is 0 Å². The molecule has 0 heterocycles. The molecule has 0 fully saturated rings. The van der Waals surface area contributed by atoms with Crippen LogP contribution < -0.4 is 0 Å². The normalized spacial score (nSPS) is 11.5. The first-order valence-electron chi connectivity index (χ1n) is 3.82. The van der Waals surface area contributed by atoms with Crippen LogP contribution >= 0.6 is 0 Å². The van der Waals surface area contributed by atoms with Crippen LogP contribution in [-0.4, -0.2) is 10.0 Å². The minimum Gasteiger partial charge on any atom is -0.391 e. The van der Waals surface area contributed by atoms with Gasteiger partial charge in [0.25, 0.3) is 5.69 Å². The topological polar surface area (TPSA) is 63.4 Å². The van der Waals surface area contributed by atoms with Gasteiger partial charge < -0.3 is 5.11 Å². The lowest BCUT2D eigenvalue weighted by molar-refractivity contribution is -0.386. The molecule has 0 amide bonds. The van der Waals surface area contributed by atoms with Gasteiger partial charge in [0, 0.05) is 6.07 Å². The molecule has 0 aliphatic carbocycles. The average Bonchev–Trinajstić information content (AvgIpc) is 2.15. The Labute approximate surface area is 82.1 Å². The zero-order chi connectivity index (χ0) is 11.6. The third-order valence-corrected chi connectivity index (χ3v) is 1.81. The van der Waals surface area contributed by atoms with Gasteiger partial charge in [-0.05, 0) is 6.07 Å². The number of alkyl halides is 3. The molecule has 1 aromatic carbocycles. The van der Waals surface area contributed by atoms with Gasteiger partial charge in [-0.3, -0.25) is 10.1 Å². The van der Waals surface area contributed by atoms with Crippen molar-refractivity contribution in [2.45, 2.75) is 12.8 Å². The molecule has 0 radical (unpaired) electrons. The SMILES string of the molecule is O=[N+]([O-])c1cccc(C(F)(F)F)c1CO. The van der Waals surface area contributed by atoms with Crippen molar-refractivity contribution in [2.75, 3.05) is 0 Å². The van der Waals surface area contributed by atoms with Crippen molar-refractivity contribution in [3.05, 3.63) is 39.4 Å². The zero-order valence-electron chi connectivity index (χ0n) is 7.28. The molecule has 0 aromatic heterocycles. The van der Waals surface area contributed by atoms with Crippen molar-refractivity contribution in [3.63, 3.8) is 0 Å². The maximum atomic E-state index is 12.3. The Morgan fingerprint density at radius 3 is 2.40 bits per heavy atom.